The molecule has 1 N–H and O–H groups in total. The molecular weight excluding hydrogens is 190 g/mol. The van der Waals surface area contributed by atoms with E-state index >= 15 is 0 Å². The lowest BCUT2D eigenvalue weighted by Gasteiger charge is -2.33. The number of nitrogens with one attached hydrogen (secondary N) is 1. The Bertz CT molecular complexity index is 127. The number of hydrogen-bond donors (Lipinski definition) is 1. The van der Waals surface area contributed by atoms with E-state index in [4.69, 9.17) is 0 Å². The smallest absolute Gasteiger partial charge is 0.0268 e. The fourth-order valence-electron chi connectivity index (χ4n) is 1.32. The summed E-state index contributed by atoms with van der Waals surface area (Å²) in [6, 6.07) is 0.754. The first-order valence-corrected chi connectivity index (χ1v) is 4.54. The van der Waals surface area contributed by atoms with Gasteiger partial charge in [-0.05, 0) is 18.8 Å². The molecule has 0 atom stereocenters. The molecule has 1 saturated carbocycles. The largest absolute Gasteiger partial charge is 0.309 e. The number of rotatable bonds is 3. The van der Waals surface area contributed by atoms with Crippen molar-refractivity contribution in [1.82, 2.24) is 5.32 Å². The fourth-order valence-corrected chi connectivity index (χ4v) is 1.49. The molecule has 0 aromatic carbocycles. The van der Waals surface area contributed by atoms with Crippen molar-refractivity contribution in [1.29, 1.82) is 0 Å². The molecule has 1 aliphatic carbocycles. The summed E-state index contributed by atoms with van der Waals surface area (Å²) in [5.41, 5.74) is 0. The zero-order valence-electron chi connectivity index (χ0n) is 6.36. The Morgan fingerprint density at radius 2 is 2.30 bits per heavy atom. The van der Waals surface area contributed by atoms with Crippen LogP contribution in [0.25, 0.3) is 0 Å². The molecule has 1 fully saturated rings. The van der Waals surface area contributed by atoms with Crippen molar-refractivity contribution in [2.45, 2.75) is 25.8 Å². The van der Waals surface area contributed by atoms with Crippen LogP contribution in [0.5, 0.6) is 0 Å². The van der Waals surface area contributed by atoms with Crippen LogP contribution < -0.4 is 5.32 Å². The molecule has 0 aromatic heterocycles. The maximum atomic E-state index is 3.76. The van der Waals surface area contributed by atoms with Gasteiger partial charge in [0.1, 0.15) is 0 Å². The van der Waals surface area contributed by atoms with E-state index in [-0.39, 0.29) is 0 Å². The van der Waals surface area contributed by atoms with Crippen molar-refractivity contribution in [2.75, 3.05) is 6.54 Å². The molecule has 0 saturated heterocycles. The summed E-state index contributed by atoms with van der Waals surface area (Å²) in [5, 5.41) is 3.40. The summed E-state index contributed by atoms with van der Waals surface area (Å²) in [6.45, 7) is 6.97. The third-order valence-corrected chi connectivity index (χ3v) is 2.24. The van der Waals surface area contributed by atoms with Crippen LogP contribution in [0.15, 0.2) is 11.1 Å². The molecule has 58 valence electrons. The Labute approximate surface area is 71.0 Å². The van der Waals surface area contributed by atoms with E-state index in [2.05, 4.69) is 34.7 Å². The summed E-state index contributed by atoms with van der Waals surface area (Å²) < 4.78 is 1.05. The van der Waals surface area contributed by atoms with Crippen molar-refractivity contribution in [2.24, 2.45) is 5.92 Å². The molecule has 0 amide bonds. The predicted octanol–water partition coefficient (Wildman–Crippen LogP) is 2.28. The summed E-state index contributed by atoms with van der Waals surface area (Å²) in [5.74, 6) is 0.932. The lowest BCUT2D eigenvalue weighted by Crippen LogP contribution is -2.40. The van der Waals surface area contributed by atoms with Crippen LogP contribution >= 0.6 is 15.9 Å². The first-order chi connectivity index (χ1) is 4.68. The molecule has 0 spiro atoms. The van der Waals surface area contributed by atoms with Gasteiger partial charge in [0.05, 0.1) is 0 Å². The monoisotopic (exact) mass is 203 g/mol. The zero-order chi connectivity index (χ0) is 7.56. The molecule has 0 radical (unpaired) electrons. The third kappa shape index (κ3) is 2.43. The summed E-state index contributed by atoms with van der Waals surface area (Å²) in [6.07, 6.45) is 2.67. The lowest BCUT2D eigenvalue weighted by molar-refractivity contribution is 0.248. The average Bonchev–Trinajstić information content (AvgIpc) is 1.77. The van der Waals surface area contributed by atoms with Crippen LogP contribution in [0, 0.1) is 5.92 Å². The van der Waals surface area contributed by atoms with Gasteiger partial charge in [-0.25, -0.2) is 0 Å². The normalized spacial score (nSPS) is 31.4. The Balaban J connectivity index is 2.00. The van der Waals surface area contributed by atoms with E-state index < -0.39 is 0 Å². The van der Waals surface area contributed by atoms with Crippen LogP contribution in [0.3, 0.4) is 0 Å². The first-order valence-electron chi connectivity index (χ1n) is 3.75. The topological polar surface area (TPSA) is 12.0 Å². The summed E-state index contributed by atoms with van der Waals surface area (Å²) >= 11 is 3.31. The highest BCUT2D eigenvalue weighted by atomic mass is 79.9. The van der Waals surface area contributed by atoms with Gasteiger partial charge >= 0.3 is 0 Å². The van der Waals surface area contributed by atoms with E-state index in [0.717, 1.165) is 23.0 Å². The standard InChI is InChI=1S/C8H14BrN/c1-6-3-8(4-6)10-5-7(2)9/h6,8,10H,2-5H2,1H3. The molecule has 1 aliphatic rings. The number of hydrogen-bond acceptors (Lipinski definition) is 1. The molecule has 1 nitrogen and oxygen atoms in total. The molecule has 10 heavy (non-hydrogen) atoms. The van der Waals surface area contributed by atoms with Gasteiger partial charge in [-0.3, -0.25) is 0 Å². The van der Waals surface area contributed by atoms with Crippen LogP contribution in [0.4, 0.5) is 0 Å². The molecule has 0 heterocycles. The van der Waals surface area contributed by atoms with E-state index in [1.54, 1.807) is 0 Å². The van der Waals surface area contributed by atoms with Gasteiger partial charge in [0.15, 0.2) is 0 Å². The van der Waals surface area contributed by atoms with Crippen LogP contribution in [-0.2, 0) is 0 Å². The van der Waals surface area contributed by atoms with Crippen molar-refractivity contribution in [3.8, 4) is 0 Å². The predicted molar refractivity (Wildman–Crippen MR) is 48.3 cm³/mol. The summed E-state index contributed by atoms with van der Waals surface area (Å²) in [4.78, 5) is 0. The van der Waals surface area contributed by atoms with E-state index in [1.807, 2.05) is 0 Å². The van der Waals surface area contributed by atoms with Crippen LogP contribution in [-0.4, -0.2) is 12.6 Å². The lowest BCUT2D eigenvalue weighted by atomic mass is 9.82. The third-order valence-electron chi connectivity index (χ3n) is 1.96. The maximum absolute atomic E-state index is 3.76. The maximum Gasteiger partial charge on any atom is 0.0268 e. The minimum Gasteiger partial charge on any atom is -0.309 e. The molecule has 0 unspecified atom stereocenters. The molecule has 1 rings (SSSR count). The number of halogens is 1. The second-order valence-corrected chi connectivity index (χ2v) is 4.29. The van der Waals surface area contributed by atoms with Gasteiger partial charge in [0, 0.05) is 17.1 Å². The van der Waals surface area contributed by atoms with Crippen molar-refractivity contribution in [3.05, 3.63) is 11.1 Å². The minimum atomic E-state index is 0.754. The van der Waals surface area contributed by atoms with Gasteiger partial charge in [0.25, 0.3) is 0 Å². The van der Waals surface area contributed by atoms with E-state index in [1.165, 1.54) is 12.8 Å². The second-order valence-electron chi connectivity index (χ2n) is 3.17. The highest BCUT2D eigenvalue weighted by molar-refractivity contribution is 9.11. The molecule has 0 bridgehead atoms. The highest BCUT2D eigenvalue weighted by Crippen LogP contribution is 2.26. The van der Waals surface area contributed by atoms with Gasteiger partial charge in [-0.1, -0.05) is 29.4 Å². The average molecular weight is 204 g/mol. The van der Waals surface area contributed by atoms with Crippen LogP contribution in [0.2, 0.25) is 0 Å². The van der Waals surface area contributed by atoms with Gasteiger partial charge in [-0.2, -0.15) is 0 Å². The Hall–Kier alpha value is 0.180. The first kappa shape index (κ1) is 8.28. The minimum absolute atomic E-state index is 0.754. The van der Waals surface area contributed by atoms with Crippen molar-refractivity contribution >= 4 is 15.9 Å². The SMILES string of the molecule is C=C(Br)CNC1CC(C)C1. The molecule has 0 aliphatic heterocycles. The Kier molecular flexibility index (Phi) is 2.93. The van der Waals surface area contributed by atoms with Gasteiger partial charge < -0.3 is 5.32 Å². The summed E-state index contributed by atoms with van der Waals surface area (Å²) in [7, 11) is 0. The second kappa shape index (κ2) is 3.54. The van der Waals surface area contributed by atoms with Gasteiger partial charge in [0.2, 0.25) is 0 Å². The van der Waals surface area contributed by atoms with Crippen molar-refractivity contribution < 1.29 is 0 Å². The highest BCUT2D eigenvalue weighted by Gasteiger charge is 2.24. The van der Waals surface area contributed by atoms with E-state index in [9.17, 15) is 0 Å². The molecular formula is C8H14BrN. The zero-order valence-corrected chi connectivity index (χ0v) is 7.95. The Morgan fingerprint density at radius 1 is 1.70 bits per heavy atom. The Morgan fingerprint density at radius 3 is 2.70 bits per heavy atom. The van der Waals surface area contributed by atoms with Gasteiger partial charge in [-0.15, -0.1) is 0 Å². The van der Waals surface area contributed by atoms with Crippen LogP contribution in [0.1, 0.15) is 19.8 Å². The van der Waals surface area contributed by atoms with E-state index in [0.29, 0.717) is 0 Å². The molecule has 0 aromatic rings. The fraction of sp³-hybridized carbons (Fsp3) is 0.750. The quantitative estimate of drug-likeness (QED) is 0.743. The molecule has 2 heteroatoms. The van der Waals surface area contributed by atoms with Crippen molar-refractivity contribution in [3.63, 3.8) is 0 Å².